The predicted molar refractivity (Wildman–Crippen MR) is 101 cm³/mol. The van der Waals surface area contributed by atoms with Gasteiger partial charge in [0, 0.05) is 30.2 Å². The van der Waals surface area contributed by atoms with Gasteiger partial charge < -0.3 is 20.3 Å². The SMILES string of the molecule is COc1ccc(N2CC(NC(=O)NCc3ccc(Cl)cc3)CC2=O)cc1. The maximum Gasteiger partial charge on any atom is 0.315 e. The van der Waals surface area contributed by atoms with E-state index >= 15 is 0 Å². The van der Waals surface area contributed by atoms with Gasteiger partial charge in [-0.1, -0.05) is 23.7 Å². The lowest BCUT2D eigenvalue weighted by molar-refractivity contribution is -0.117. The number of rotatable bonds is 5. The first kappa shape index (κ1) is 18.1. The number of nitrogens with zero attached hydrogens (tertiary/aromatic N) is 1. The van der Waals surface area contributed by atoms with Crippen LogP contribution in [0.3, 0.4) is 0 Å². The van der Waals surface area contributed by atoms with Crippen molar-refractivity contribution in [1.82, 2.24) is 10.6 Å². The molecule has 1 aliphatic rings. The van der Waals surface area contributed by atoms with Crippen LogP contribution < -0.4 is 20.3 Å². The molecule has 0 bridgehead atoms. The summed E-state index contributed by atoms with van der Waals surface area (Å²) in [6.45, 7) is 0.839. The van der Waals surface area contributed by atoms with E-state index in [1.807, 2.05) is 36.4 Å². The molecule has 2 aromatic carbocycles. The summed E-state index contributed by atoms with van der Waals surface area (Å²) in [6.07, 6.45) is 0.278. The Balaban J connectivity index is 1.51. The van der Waals surface area contributed by atoms with Crippen molar-refractivity contribution < 1.29 is 14.3 Å². The van der Waals surface area contributed by atoms with Crippen LogP contribution >= 0.6 is 11.6 Å². The van der Waals surface area contributed by atoms with Crippen molar-refractivity contribution >= 4 is 29.2 Å². The molecule has 2 aromatic rings. The van der Waals surface area contributed by atoms with E-state index in [1.54, 1.807) is 24.1 Å². The average molecular weight is 374 g/mol. The Bertz CT molecular complexity index is 778. The molecule has 136 valence electrons. The lowest BCUT2D eigenvalue weighted by Crippen LogP contribution is -2.43. The van der Waals surface area contributed by atoms with Gasteiger partial charge in [0.1, 0.15) is 5.75 Å². The number of hydrogen-bond acceptors (Lipinski definition) is 3. The van der Waals surface area contributed by atoms with Crippen molar-refractivity contribution in [2.45, 2.75) is 19.0 Å². The second-order valence-corrected chi connectivity index (χ2v) is 6.49. The van der Waals surface area contributed by atoms with Gasteiger partial charge in [0.25, 0.3) is 0 Å². The molecule has 1 unspecified atom stereocenters. The summed E-state index contributed by atoms with van der Waals surface area (Å²) >= 11 is 5.84. The maximum atomic E-state index is 12.2. The molecule has 0 aromatic heterocycles. The van der Waals surface area contributed by atoms with E-state index in [0.717, 1.165) is 17.0 Å². The average Bonchev–Trinajstić information content (AvgIpc) is 3.01. The summed E-state index contributed by atoms with van der Waals surface area (Å²) < 4.78 is 5.13. The highest BCUT2D eigenvalue weighted by Crippen LogP contribution is 2.24. The highest BCUT2D eigenvalue weighted by atomic mass is 35.5. The fourth-order valence-electron chi connectivity index (χ4n) is 2.84. The summed E-state index contributed by atoms with van der Waals surface area (Å²) in [5, 5.41) is 6.29. The van der Waals surface area contributed by atoms with Gasteiger partial charge in [-0.2, -0.15) is 0 Å². The topological polar surface area (TPSA) is 70.7 Å². The molecular formula is C19H20ClN3O3. The Morgan fingerprint density at radius 1 is 1.19 bits per heavy atom. The molecule has 1 atom stereocenters. The quantitative estimate of drug-likeness (QED) is 0.846. The number of amides is 3. The molecule has 3 rings (SSSR count). The fraction of sp³-hybridized carbons (Fsp3) is 0.263. The molecular weight excluding hydrogens is 354 g/mol. The minimum absolute atomic E-state index is 0.0156. The smallest absolute Gasteiger partial charge is 0.315 e. The Morgan fingerprint density at radius 2 is 1.88 bits per heavy atom. The van der Waals surface area contributed by atoms with Crippen molar-refractivity contribution in [3.05, 3.63) is 59.1 Å². The van der Waals surface area contributed by atoms with Crippen LogP contribution in [0.25, 0.3) is 0 Å². The monoisotopic (exact) mass is 373 g/mol. The van der Waals surface area contributed by atoms with Gasteiger partial charge in [0.15, 0.2) is 0 Å². The first-order chi connectivity index (χ1) is 12.5. The number of carbonyl (C=O) groups excluding carboxylic acids is 2. The standard InChI is InChI=1S/C19H20ClN3O3/c1-26-17-8-6-16(7-9-17)23-12-15(10-18(23)24)22-19(25)21-11-13-2-4-14(20)5-3-13/h2-9,15H,10-12H2,1H3,(H2,21,22,25). The van der Waals surface area contributed by atoms with Gasteiger partial charge in [-0.05, 0) is 42.0 Å². The van der Waals surface area contributed by atoms with Gasteiger partial charge in [-0.15, -0.1) is 0 Å². The zero-order chi connectivity index (χ0) is 18.5. The molecule has 1 saturated heterocycles. The number of nitrogens with one attached hydrogen (secondary N) is 2. The van der Waals surface area contributed by atoms with Crippen LogP contribution in [0.5, 0.6) is 5.75 Å². The second-order valence-electron chi connectivity index (χ2n) is 6.06. The molecule has 1 fully saturated rings. The van der Waals surface area contributed by atoms with Crippen molar-refractivity contribution in [2.24, 2.45) is 0 Å². The molecule has 26 heavy (non-hydrogen) atoms. The molecule has 0 aliphatic carbocycles. The third kappa shape index (κ3) is 4.46. The van der Waals surface area contributed by atoms with E-state index in [0.29, 0.717) is 18.1 Å². The van der Waals surface area contributed by atoms with E-state index in [-0.39, 0.29) is 24.4 Å². The minimum atomic E-state index is -0.297. The van der Waals surface area contributed by atoms with E-state index in [4.69, 9.17) is 16.3 Å². The number of halogens is 1. The molecule has 6 nitrogen and oxygen atoms in total. The first-order valence-electron chi connectivity index (χ1n) is 8.28. The van der Waals surface area contributed by atoms with Crippen LogP contribution in [0.2, 0.25) is 5.02 Å². The maximum absolute atomic E-state index is 12.2. The summed E-state index contributed by atoms with van der Waals surface area (Å²) in [5.74, 6) is 0.717. The van der Waals surface area contributed by atoms with Crippen LogP contribution in [0.1, 0.15) is 12.0 Å². The van der Waals surface area contributed by atoms with E-state index in [1.165, 1.54) is 0 Å². The van der Waals surface area contributed by atoms with Crippen LogP contribution in [0, 0.1) is 0 Å². The Morgan fingerprint density at radius 3 is 2.54 bits per heavy atom. The molecule has 3 amide bonds. The zero-order valence-corrected chi connectivity index (χ0v) is 15.1. The van der Waals surface area contributed by atoms with E-state index in [9.17, 15) is 9.59 Å². The number of hydrogen-bond donors (Lipinski definition) is 2. The van der Waals surface area contributed by atoms with Gasteiger partial charge in [0.05, 0.1) is 13.2 Å². The largest absolute Gasteiger partial charge is 0.497 e. The number of anilines is 1. The number of methoxy groups -OCH3 is 1. The third-order valence-corrected chi connectivity index (χ3v) is 4.46. The Kier molecular flexibility index (Phi) is 5.63. The highest BCUT2D eigenvalue weighted by Gasteiger charge is 2.31. The molecule has 2 N–H and O–H groups in total. The van der Waals surface area contributed by atoms with Crippen LogP contribution in [-0.4, -0.2) is 31.6 Å². The molecule has 7 heteroatoms. The number of ether oxygens (including phenoxy) is 1. The molecule has 0 saturated carbocycles. The first-order valence-corrected chi connectivity index (χ1v) is 8.66. The summed E-state index contributed by atoms with van der Waals surface area (Å²) in [4.78, 5) is 26.0. The van der Waals surface area contributed by atoms with E-state index < -0.39 is 0 Å². The highest BCUT2D eigenvalue weighted by molar-refractivity contribution is 6.30. The lowest BCUT2D eigenvalue weighted by Gasteiger charge is -2.17. The summed E-state index contributed by atoms with van der Waals surface area (Å²) in [7, 11) is 1.60. The van der Waals surface area contributed by atoms with Crippen molar-refractivity contribution in [3.63, 3.8) is 0 Å². The third-order valence-electron chi connectivity index (χ3n) is 4.21. The van der Waals surface area contributed by atoms with Crippen molar-refractivity contribution in [1.29, 1.82) is 0 Å². The zero-order valence-electron chi connectivity index (χ0n) is 14.4. The van der Waals surface area contributed by atoms with Crippen LogP contribution in [0.15, 0.2) is 48.5 Å². The summed E-state index contributed by atoms with van der Waals surface area (Å²) in [5.41, 5.74) is 1.74. The van der Waals surface area contributed by atoms with Crippen molar-refractivity contribution in [2.75, 3.05) is 18.6 Å². The predicted octanol–water partition coefficient (Wildman–Crippen LogP) is 2.95. The van der Waals surface area contributed by atoms with Gasteiger partial charge in [-0.3, -0.25) is 4.79 Å². The molecule has 0 radical (unpaired) electrons. The fourth-order valence-corrected chi connectivity index (χ4v) is 2.96. The molecule has 1 heterocycles. The van der Waals surface area contributed by atoms with Gasteiger partial charge in [-0.25, -0.2) is 4.79 Å². The Hall–Kier alpha value is -2.73. The summed E-state index contributed by atoms with van der Waals surface area (Å²) in [6, 6.07) is 14.0. The lowest BCUT2D eigenvalue weighted by atomic mass is 10.2. The van der Waals surface area contributed by atoms with Crippen LogP contribution in [-0.2, 0) is 11.3 Å². The van der Waals surface area contributed by atoms with E-state index in [2.05, 4.69) is 10.6 Å². The molecule has 0 spiro atoms. The Labute approximate surface area is 157 Å². The number of urea groups is 1. The number of carbonyl (C=O) groups is 2. The minimum Gasteiger partial charge on any atom is -0.497 e. The second kappa shape index (κ2) is 8.10. The number of benzene rings is 2. The molecule has 1 aliphatic heterocycles. The van der Waals surface area contributed by atoms with Gasteiger partial charge in [0.2, 0.25) is 5.91 Å². The van der Waals surface area contributed by atoms with Crippen molar-refractivity contribution in [3.8, 4) is 5.75 Å². The van der Waals surface area contributed by atoms with Crippen LogP contribution in [0.4, 0.5) is 10.5 Å². The normalized spacial score (nSPS) is 16.5. The van der Waals surface area contributed by atoms with Gasteiger partial charge >= 0.3 is 6.03 Å².